The highest BCUT2D eigenvalue weighted by Gasteiger charge is 2.23. The monoisotopic (exact) mass is 828 g/mol. The summed E-state index contributed by atoms with van der Waals surface area (Å²) in [5, 5.41) is 48.5. The molecule has 2 amide bonds. The Balaban J connectivity index is 1.18. The van der Waals surface area contributed by atoms with Gasteiger partial charge in [0.2, 0.25) is 0 Å². The van der Waals surface area contributed by atoms with E-state index in [-0.39, 0.29) is 33.6 Å². The molecule has 7 aromatic carbocycles. The molecule has 0 bridgehead atoms. The summed E-state index contributed by atoms with van der Waals surface area (Å²) in [6.07, 6.45) is 0.915. The normalized spacial score (nSPS) is 11.3. The van der Waals surface area contributed by atoms with E-state index < -0.39 is 35.3 Å². The van der Waals surface area contributed by atoms with E-state index in [4.69, 9.17) is 9.47 Å². The van der Waals surface area contributed by atoms with Gasteiger partial charge in [-0.25, -0.2) is 9.59 Å². The standard InChI is InChI=1S/C48H40N6O8/c1-5-27-25-40(50-46(58)38-24-30-14-8-10-20-36(30)42(44(38)56)54-52-34-18-12-16-32(22-34)48(60)62-4)28(6-2)26-39(27)49-45(57)37-23-29-13-7-9-19-35(29)41(43(37)55)53-51-33-17-11-15-31(21-33)47(59)61-3/h7-26,55-56H,5-6H2,1-4H3,(H,49,57)(H,50,58). The number of nitrogens with one attached hydrogen (secondary N) is 2. The molecule has 0 saturated carbocycles. The van der Waals surface area contributed by atoms with E-state index in [0.717, 1.165) is 0 Å². The van der Waals surface area contributed by atoms with Crippen LogP contribution < -0.4 is 10.6 Å². The van der Waals surface area contributed by atoms with Gasteiger partial charge < -0.3 is 30.3 Å². The fourth-order valence-electron chi connectivity index (χ4n) is 6.91. The first kappa shape index (κ1) is 41.9. The molecule has 310 valence electrons. The zero-order chi connectivity index (χ0) is 43.9. The van der Waals surface area contributed by atoms with E-state index in [0.29, 0.717) is 68.3 Å². The molecule has 0 radical (unpaired) electrons. The minimum atomic E-state index is -0.606. The number of aryl methyl sites for hydroxylation is 2. The Bertz CT molecular complexity index is 2780. The number of anilines is 2. The summed E-state index contributed by atoms with van der Waals surface area (Å²) in [5.74, 6) is -3.08. The third-order valence-electron chi connectivity index (χ3n) is 10.1. The van der Waals surface area contributed by atoms with E-state index in [1.165, 1.54) is 26.4 Å². The summed E-state index contributed by atoms with van der Waals surface area (Å²) in [7, 11) is 2.56. The third-order valence-corrected chi connectivity index (χ3v) is 10.1. The van der Waals surface area contributed by atoms with Gasteiger partial charge in [-0.1, -0.05) is 74.5 Å². The third kappa shape index (κ3) is 8.70. The lowest BCUT2D eigenvalue weighted by atomic mass is 10.00. The number of hydrogen-bond donors (Lipinski definition) is 4. The van der Waals surface area contributed by atoms with Crippen LogP contribution in [0.4, 0.5) is 34.1 Å². The summed E-state index contributed by atoms with van der Waals surface area (Å²) in [5.41, 5.74) is 3.55. The Morgan fingerprint density at radius 2 is 0.919 bits per heavy atom. The molecule has 0 spiro atoms. The van der Waals surface area contributed by atoms with Gasteiger partial charge in [0.15, 0.2) is 11.5 Å². The first-order valence-corrected chi connectivity index (χ1v) is 19.5. The van der Waals surface area contributed by atoms with Crippen molar-refractivity contribution >= 4 is 79.4 Å². The molecule has 0 aliphatic carbocycles. The van der Waals surface area contributed by atoms with E-state index in [2.05, 4.69) is 31.1 Å². The Kier molecular flexibility index (Phi) is 12.4. The largest absolute Gasteiger partial charge is 0.505 e. The number of carbonyl (C=O) groups is 4. The molecule has 0 heterocycles. The van der Waals surface area contributed by atoms with E-state index in [9.17, 15) is 29.4 Å². The van der Waals surface area contributed by atoms with Crippen molar-refractivity contribution in [2.24, 2.45) is 20.5 Å². The van der Waals surface area contributed by atoms with Crippen molar-refractivity contribution in [2.75, 3.05) is 24.9 Å². The van der Waals surface area contributed by atoms with Crippen LogP contribution >= 0.6 is 0 Å². The number of phenols is 2. The molecule has 7 rings (SSSR count). The van der Waals surface area contributed by atoms with Crippen molar-refractivity contribution in [3.05, 3.63) is 155 Å². The molecule has 0 fully saturated rings. The van der Waals surface area contributed by atoms with Gasteiger partial charge in [-0.3, -0.25) is 9.59 Å². The maximum absolute atomic E-state index is 14.0. The van der Waals surface area contributed by atoms with Gasteiger partial charge in [-0.15, -0.1) is 10.2 Å². The van der Waals surface area contributed by atoms with Crippen LogP contribution in [0.5, 0.6) is 11.5 Å². The highest BCUT2D eigenvalue weighted by atomic mass is 16.5. The van der Waals surface area contributed by atoms with Crippen LogP contribution in [0.3, 0.4) is 0 Å². The molecule has 0 aliphatic heterocycles. The Morgan fingerprint density at radius 1 is 0.516 bits per heavy atom. The van der Waals surface area contributed by atoms with Gasteiger partial charge in [0.25, 0.3) is 11.8 Å². The van der Waals surface area contributed by atoms with E-state index >= 15 is 0 Å². The van der Waals surface area contributed by atoms with Crippen LogP contribution in [0, 0.1) is 0 Å². The number of carbonyl (C=O) groups excluding carboxylic acids is 4. The number of aromatic hydroxyl groups is 2. The summed E-state index contributed by atoms with van der Waals surface area (Å²) >= 11 is 0. The van der Waals surface area contributed by atoms with Crippen molar-refractivity contribution in [1.82, 2.24) is 0 Å². The van der Waals surface area contributed by atoms with Crippen LogP contribution in [0.25, 0.3) is 21.5 Å². The number of hydrogen-bond acceptors (Lipinski definition) is 12. The minimum absolute atomic E-state index is 0.0469. The zero-order valence-electron chi connectivity index (χ0n) is 34.1. The average molecular weight is 829 g/mol. The molecular formula is C48H40N6O8. The summed E-state index contributed by atoms with van der Waals surface area (Å²) < 4.78 is 9.61. The second-order valence-corrected chi connectivity index (χ2v) is 14.0. The number of ether oxygens (including phenoxy) is 2. The Morgan fingerprint density at radius 3 is 1.31 bits per heavy atom. The number of fused-ring (bicyclic) bond motifs is 2. The summed E-state index contributed by atoms with van der Waals surface area (Å²) in [4.78, 5) is 52.2. The second kappa shape index (κ2) is 18.3. The van der Waals surface area contributed by atoms with Crippen molar-refractivity contribution in [1.29, 1.82) is 0 Å². The summed E-state index contributed by atoms with van der Waals surface area (Å²) in [6, 6.07) is 33.6. The fraction of sp³-hybridized carbons (Fsp3) is 0.125. The van der Waals surface area contributed by atoms with Crippen LogP contribution in [-0.4, -0.2) is 48.2 Å². The highest BCUT2D eigenvalue weighted by Crippen LogP contribution is 2.42. The molecule has 14 heteroatoms. The van der Waals surface area contributed by atoms with Crippen molar-refractivity contribution in [2.45, 2.75) is 26.7 Å². The number of azo groups is 2. The number of methoxy groups -OCH3 is 2. The molecule has 7 aromatic rings. The van der Waals surface area contributed by atoms with Gasteiger partial charge in [0.05, 0.1) is 47.8 Å². The molecular weight excluding hydrogens is 789 g/mol. The topological polar surface area (TPSA) is 201 Å². The van der Waals surface area contributed by atoms with Crippen LogP contribution in [0.1, 0.15) is 66.4 Å². The van der Waals surface area contributed by atoms with Crippen molar-refractivity contribution in [3.63, 3.8) is 0 Å². The lowest BCUT2D eigenvalue weighted by Gasteiger charge is -2.18. The van der Waals surface area contributed by atoms with Crippen LogP contribution in [0.2, 0.25) is 0 Å². The van der Waals surface area contributed by atoms with Gasteiger partial charge in [0, 0.05) is 22.1 Å². The SMILES string of the molecule is CCc1cc(NC(=O)c2cc3ccccc3c(N=Nc3cccc(C(=O)OC)c3)c2O)c(CC)cc1NC(=O)c1cc2ccccc2c(N=Nc2cccc(C(=O)OC)c2)c1O. The van der Waals surface area contributed by atoms with Crippen molar-refractivity contribution in [3.8, 4) is 11.5 Å². The molecule has 14 nitrogen and oxygen atoms in total. The maximum Gasteiger partial charge on any atom is 0.337 e. The molecule has 62 heavy (non-hydrogen) atoms. The number of nitrogens with zero attached hydrogens (tertiary/aromatic N) is 4. The molecule has 0 unspecified atom stereocenters. The first-order chi connectivity index (χ1) is 30.0. The van der Waals surface area contributed by atoms with Gasteiger partial charge >= 0.3 is 11.9 Å². The number of benzene rings is 7. The predicted molar refractivity (Wildman–Crippen MR) is 236 cm³/mol. The lowest BCUT2D eigenvalue weighted by Crippen LogP contribution is -2.16. The van der Waals surface area contributed by atoms with Gasteiger partial charge in [-0.2, -0.15) is 10.2 Å². The van der Waals surface area contributed by atoms with Crippen LogP contribution in [-0.2, 0) is 22.3 Å². The number of esters is 2. The number of rotatable bonds is 12. The van der Waals surface area contributed by atoms with E-state index in [1.807, 2.05) is 13.8 Å². The molecule has 4 N–H and O–H groups in total. The smallest absolute Gasteiger partial charge is 0.337 e. The summed E-state index contributed by atoms with van der Waals surface area (Å²) in [6.45, 7) is 3.80. The van der Waals surface area contributed by atoms with Crippen molar-refractivity contribution < 1.29 is 38.9 Å². The molecule has 0 aromatic heterocycles. The molecule has 0 aliphatic rings. The number of phenolic OH excluding ortho intramolecular Hbond substituents is 2. The Hall–Kier alpha value is -8.26. The highest BCUT2D eigenvalue weighted by molar-refractivity contribution is 6.14. The Labute approximate surface area is 355 Å². The van der Waals surface area contributed by atoms with Gasteiger partial charge in [0.1, 0.15) is 11.4 Å². The minimum Gasteiger partial charge on any atom is -0.505 e. The zero-order valence-corrected chi connectivity index (χ0v) is 34.1. The lowest BCUT2D eigenvalue weighted by molar-refractivity contribution is 0.0592. The molecule has 0 atom stereocenters. The fourth-order valence-corrected chi connectivity index (χ4v) is 6.91. The predicted octanol–water partition coefficient (Wildman–Crippen LogP) is 11.4. The van der Waals surface area contributed by atoms with E-state index in [1.54, 1.807) is 109 Å². The molecule has 0 saturated heterocycles. The van der Waals surface area contributed by atoms with Gasteiger partial charge in [-0.05, 0) is 95.4 Å². The quantitative estimate of drug-likeness (QED) is 0.0688. The number of amides is 2. The first-order valence-electron chi connectivity index (χ1n) is 19.5. The van der Waals surface area contributed by atoms with Crippen LogP contribution in [0.15, 0.2) is 142 Å². The second-order valence-electron chi connectivity index (χ2n) is 14.0. The maximum atomic E-state index is 14.0. The average Bonchev–Trinajstić information content (AvgIpc) is 3.30.